The summed E-state index contributed by atoms with van der Waals surface area (Å²) in [5, 5.41) is 0. The Labute approximate surface area is 80.8 Å². The van der Waals surface area contributed by atoms with Crippen LogP contribution in [0.3, 0.4) is 0 Å². The van der Waals surface area contributed by atoms with Crippen LogP contribution in [-0.2, 0) is 0 Å². The normalized spacial score (nSPS) is 11.5. The lowest BCUT2D eigenvalue weighted by molar-refractivity contribution is 0.360. The predicted molar refractivity (Wildman–Crippen MR) is 56.6 cm³/mol. The molecule has 11 heavy (non-hydrogen) atoms. The second-order valence-electron chi connectivity index (χ2n) is 2.72. The molecule has 0 spiro atoms. The van der Waals surface area contributed by atoms with Gasteiger partial charge in [0.2, 0.25) is 0 Å². The largest absolute Gasteiger partial charge is 0.297 e. The Morgan fingerprint density at radius 3 is 1.82 bits per heavy atom. The van der Waals surface area contributed by atoms with E-state index in [0.717, 1.165) is 19.4 Å². The van der Waals surface area contributed by atoms with Crippen molar-refractivity contribution < 1.29 is 0 Å². The lowest BCUT2D eigenvalue weighted by Gasteiger charge is -2.21. The molecule has 0 fully saturated rings. The number of alkyl halides is 2. The molecule has 0 N–H and O–H groups in total. The molecule has 0 bridgehead atoms. The monoisotopic (exact) mass is 215 g/mol. The maximum absolute atomic E-state index is 5.64. The fraction of sp³-hybridized carbons (Fsp3) is 1.00. The summed E-state index contributed by atoms with van der Waals surface area (Å²) in [6, 6.07) is 0. The van der Waals surface area contributed by atoms with E-state index in [1.807, 2.05) is 0 Å². The van der Waals surface area contributed by atoms with Gasteiger partial charge in [0.25, 0.3) is 0 Å². The van der Waals surface area contributed by atoms with Gasteiger partial charge in [-0.1, -0.05) is 7.92 Å². The van der Waals surface area contributed by atoms with E-state index in [1.54, 1.807) is 0 Å². The number of hydrogen-bond acceptors (Lipinski definition) is 1. The van der Waals surface area contributed by atoms with Crippen molar-refractivity contribution in [2.75, 3.05) is 44.5 Å². The zero-order valence-electron chi connectivity index (χ0n) is 7.19. The van der Waals surface area contributed by atoms with Gasteiger partial charge in [-0.2, -0.15) is 0 Å². The van der Waals surface area contributed by atoms with Gasteiger partial charge in [0.15, 0.2) is 0 Å². The molecule has 0 aliphatic rings. The fourth-order valence-corrected chi connectivity index (χ4v) is 2.45. The smallest absolute Gasteiger partial charge is 0.0351 e. The van der Waals surface area contributed by atoms with E-state index in [0.29, 0.717) is 11.8 Å². The topological polar surface area (TPSA) is 3.24 Å². The van der Waals surface area contributed by atoms with Crippen molar-refractivity contribution in [1.29, 1.82) is 0 Å². The summed E-state index contributed by atoms with van der Waals surface area (Å²) < 4.78 is 0. The number of rotatable bonds is 6. The second kappa shape index (κ2) is 7.61. The number of nitrogens with zero attached hydrogens (tertiary/aromatic N) is 1. The van der Waals surface area contributed by atoms with Crippen LogP contribution in [0, 0.1) is 0 Å². The lowest BCUT2D eigenvalue weighted by atomic mass is 10.6. The van der Waals surface area contributed by atoms with E-state index in [1.165, 1.54) is 0 Å². The second-order valence-corrected chi connectivity index (χ2v) is 5.92. The molecule has 0 aromatic heterocycles. The highest BCUT2D eigenvalue weighted by molar-refractivity contribution is 7.55. The Morgan fingerprint density at radius 1 is 1.09 bits per heavy atom. The Kier molecular flexibility index (Phi) is 8.28. The Morgan fingerprint density at radius 2 is 1.55 bits per heavy atom. The van der Waals surface area contributed by atoms with Crippen LogP contribution < -0.4 is 0 Å². The van der Waals surface area contributed by atoms with E-state index in [4.69, 9.17) is 23.2 Å². The van der Waals surface area contributed by atoms with Crippen LogP contribution in [0.25, 0.3) is 0 Å². The maximum atomic E-state index is 5.64. The van der Waals surface area contributed by atoms with Crippen molar-refractivity contribution in [3.63, 3.8) is 0 Å². The van der Waals surface area contributed by atoms with Crippen molar-refractivity contribution in [3.05, 3.63) is 0 Å². The van der Waals surface area contributed by atoms with Crippen molar-refractivity contribution >= 4 is 31.1 Å². The van der Waals surface area contributed by atoms with Gasteiger partial charge in [-0.25, -0.2) is 0 Å². The van der Waals surface area contributed by atoms with Crippen LogP contribution >= 0.6 is 31.1 Å². The summed E-state index contributed by atoms with van der Waals surface area (Å²) >= 11 is 11.3. The highest BCUT2D eigenvalue weighted by atomic mass is 35.5. The van der Waals surface area contributed by atoms with E-state index < -0.39 is 0 Å². The summed E-state index contributed by atoms with van der Waals surface area (Å²) in [4.78, 5) is 2.33. The third-order valence-corrected chi connectivity index (χ3v) is 2.59. The summed E-state index contributed by atoms with van der Waals surface area (Å²) in [5.41, 5.74) is 0. The number of halogens is 2. The van der Waals surface area contributed by atoms with Crippen LogP contribution in [0.4, 0.5) is 0 Å². The Hall–Kier alpha value is 0.970. The van der Waals surface area contributed by atoms with Gasteiger partial charge in [0.1, 0.15) is 0 Å². The fourth-order valence-electron chi connectivity index (χ4n) is 0.892. The molecule has 68 valence electrons. The average Bonchev–Trinajstić information content (AvgIpc) is 1.87. The molecule has 0 aliphatic carbocycles. The van der Waals surface area contributed by atoms with Crippen LogP contribution in [0.1, 0.15) is 0 Å². The Bertz CT molecular complexity index is 84.5. The van der Waals surface area contributed by atoms with Crippen molar-refractivity contribution in [2.24, 2.45) is 0 Å². The molecule has 0 saturated carbocycles. The molecule has 0 heterocycles. The maximum Gasteiger partial charge on any atom is 0.0351 e. The van der Waals surface area contributed by atoms with Crippen molar-refractivity contribution in [2.45, 2.75) is 0 Å². The molecule has 0 atom stereocenters. The molecule has 1 nitrogen and oxygen atoms in total. The first-order valence-corrected chi connectivity index (χ1v) is 7.18. The van der Waals surface area contributed by atoms with E-state index in [2.05, 4.69) is 18.2 Å². The molecule has 0 radical (unpaired) electrons. The van der Waals surface area contributed by atoms with Gasteiger partial charge in [-0.05, 0) is 13.3 Å². The molecule has 0 saturated heterocycles. The highest BCUT2D eigenvalue weighted by Crippen LogP contribution is 2.25. The third kappa shape index (κ3) is 7.33. The van der Waals surface area contributed by atoms with Gasteiger partial charge in [-0.3, -0.25) is 4.90 Å². The van der Waals surface area contributed by atoms with Crippen molar-refractivity contribution in [3.8, 4) is 0 Å². The zero-order valence-corrected chi connectivity index (χ0v) is 9.59. The first kappa shape index (κ1) is 12.0. The molecule has 0 aromatic carbocycles. The van der Waals surface area contributed by atoms with Gasteiger partial charge >= 0.3 is 0 Å². The molecule has 0 aromatic rings. The standard InChI is InChI=1S/C7H16Cl2NP/c1-11(2)7-10(5-3-8)6-4-9/h3-7H2,1-2H3. The SMILES string of the molecule is CP(C)CN(CCCl)CCCl. The molecule has 0 aliphatic heterocycles. The highest BCUT2D eigenvalue weighted by Gasteiger charge is 2.04. The third-order valence-electron chi connectivity index (χ3n) is 1.28. The van der Waals surface area contributed by atoms with E-state index in [9.17, 15) is 0 Å². The van der Waals surface area contributed by atoms with Crippen LogP contribution in [0.5, 0.6) is 0 Å². The van der Waals surface area contributed by atoms with Crippen molar-refractivity contribution in [1.82, 2.24) is 4.90 Å². The summed E-state index contributed by atoms with van der Waals surface area (Å²) in [5.74, 6) is 1.42. The van der Waals surface area contributed by atoms with Crippen LogP contribution in [-0.4, -0.2) is 49.4 Å². The number of hydrogen-bond donors (Lipinski definition) is 0. The first-order chi connectivity index (χ1) is 5.20. The summed E-state index contributed by atoms with van der Waals surface area (Å²) in [6.45, 7) is 6.47. The average molecular weight is 216 g/mol. The summed E-state index contributed by atoms with van der Waals surface area (Å²) in [7, 11) is 0.146. The van der Waals surface area contributed by atoms with E-state index >= 15 is 0 Å². The molecule has 0 amide bonds. The quantitative estimate of drug-likeness (QED) is 0.487. The first-order valence-electron chi connectivity index (χ1n) is 3.69. The zero-order chi connectivity index (χ0) is 8.69. The minimum atomic E-state index is 0.146. The predicted octanol–water partition coefficient (Wildman–Crippen LogP) is 2.47. The van der Waals surface area contributed by atoms with Gasteiger partial charge in [0, 0.05) is 31.1 Å². The van der Waals surface area contributed by atoms with Gasteiger partial charge in [-0.15, -0.1) is 23.2 Å². The van der Waals surface area contributed by atoms with Crippen LogP contribution in [0.15, 0.2) is 0 Å². The summed E-state index contributed by atoms with van der Waals surface area (Å²) in [6.07, 6.45) is 1.16. The van der Waals surface area contributed by atoms with Crippen LogP contribution in [0.2, 0.25) is 0 Å². The van der Waals surface area contributed by atoms with Gasteiger partial charge < -0.3 is 0 Å². The molecule has 0 rings (SSSR count). The van der Waals surface area contributed by atoms with Gasteiger partial charge in [0.05, 0.1) is 0 Å². The molecular weight excluding hydrogens is 200 g/mol. The minimum absolute atomic E-state index is 0.146. The Balaban J connectivity index is 3.50. The van der Waals surface area contributed by atoms with E-state index in [-0.39, 0.29) is 7.92 Å². The molecular formula is C7H16Cl2NP. The molecule has 0 unspecified atom stereocenters. The molecule has 4 heteroatoms. The lowest BCUT2D eigenvalue weighted by Crippen LogP contribution is -2.27. The minimum Gasteiger partial charge on any atom is -0.297 e.